The molecule has 1 atom stereocenters. The van der Waals surface area contributed by atoms with Gasteiger partial charge in [0.2, 0.25) is 0 Å². The van der Waals surface area contributed by atoms with E-state index < -0.39 is 11.9 Å². The Morgan fingerprint density at radius 1 is 1.32 bits per heavy atom. The fraction of sp³-hybridized carbons (Fsp3) is 0.533. The molecule has 0 aliphatic heterocycles. The summed E-state index contributed by atoms with van der Waals surface area (Å²) in [5, 5.41) is 0. The lowest BCUT2D eigenvalue weighted by Gasteiger charge is -2.14. The van der Waals surface area contributed by atoms with E-state index in [-0.39, 0.29) is 12.4 Å². The molecule has 4 heteroatoms. The minimum atomic E-state index is -0.737. The van der Waals surface area contributed by atoms with E-state index >= 15 is 0 Å². The summed E-state index contributed by atoms with van der Waals surface area (Å²) in [5.41, 5.74) is 2.17. The first-order chi connectivity index (χ1) is 9.01. The standard InChI is InChI=1S/C15H21NO3/c1-5-7-12(15(18)19-6-2)14(17)13-11(4)8-10(3)9-16-13/h8-9,12H,5-7H2,1-4H3. The number of carbonyl (C=O) groups excluding carboxylic acids is 2. The maximum Gasteiger partial charge on any atom is 0.316 e. The zero-order valence-corrected chi connectivity index (χ0v) is 12.0. The molecule has 0 aliphatic rings. The summed E-state index contributed by atoms with van der Waals surface area (Å²) >= 11 is 0. The Labute approximate surface area is 114 Å². The number of aromatic nitrogens is 1. The van der Waals surface area contributed by atoms with Crippen molar-refractivity contribution in [1.29, 1.82) is 0 Å². The van der Waals surface area contributed by atoms with Crippen LogP contribution in [-0.4, -0.2) is 23.3 Å². The Balaban J connectivity index is 3.02. The first-order valence-electron chi connectivity index (χ1n) is 6.65. The SMILES string of the molecule is CCCC(C(=O)OCC)C(=O)c1ncc(C)cc1C. The topological polar surface area (TPSA) is 56.3 Å². The number of pyridine rings is 1. The maximum absolute atomic E-state index is 12.4. The molecular formula is C15H21NO3. The monoisotopic (exact) mass is 263 g/mol. The molecule has 1 aromatic rings. The molecule has 0 amide bonds. The predicted octanol–water partition coefficient (Wildman–Crippen LogP) is 2.86. The second-order valence-electron chi connectivity index (χ2n) is 4.64. The van der Waals surface area contributed by atoms with Gasteiger partial charge in [-0.1, -0.05) is 19.4 Å². The van der Waals surface area contributed by atoms with Crippen LogP contribution in [0, 0.1) is 19.8 Å². The summed E-state index contributed by atoms with van der Waals surface area (Å²) in [6, 6.07) is 1.90. The molecule has 4 nitrogen and oxygen atoms in total. The number of ketones is 1. The zero-order chi connectivity index (χ0) is 14.4. The van der Waals surface area contributed by atoms with Gasteiger partial charge in [-0.15, -0.1) is 0 Å². The minimum Gasteiger partial charge on any atom is -0.465 e. The fourth-order valence-electron chi connectivity index (χ4n) is 2.03. The van der Waals surface area contributed by atoms with E-state index in [4.69, 9.17) is 4.74 Å². The van der Waals surface area contributed by atoms with Crippen molar-refractivity contribution >= 4 is 11.8 Å². The molecule has 1 rings (SSSR count). The van der Waals surface area contributed by atoms with Crippen molar-refractivity contribution in [3.63, 3.8) is 0 Å². The van der Waals surface area contributed by atoms with Gasteiger partial charge in [0, 0.05) is 6.20 Å². The van der Waals surface area contributed by atoms with E-state index in [2.05, 4.69) is 4.98 Å². The van der Waals surface area contributed by atoms with Gasteiger partial charge in [0.25, 0.3) is 0 Å². The highest BCUT2D eigenvalue weighted by molar-refractivity contribution is 6.08. The third-order valence-electron chi connectivity index (χ3n) is 2.91. The number of rotatable bonds is 6. The van der Waals surface area contributed by atoms with Crippen LogP contribution >= 0.6 is 0 Å². The summed E-state index contributed by atoms with van der Waals surface area (Å²) < 4.78 is 4.98. The Morgan fingerprint density at radius 2 is 2.00 bits per heavy atom. The smallest absolute Gasteiger partial charge is 0.316 e. The molecule has 1 aromatic heterocycles. The van der Waals surface area contributed by atoms with Crippen molar-refractivity contribution in [1.82, 2.24) is 4.98 Å². The van der Waals surface area contributed by atoms with Gasteiger partial charge in [-0.25, -0.2) is 0 Å². The first kappa shape index (κ1) is 15.3. The third-order valence-corrected chi connectivity index (χ3v) is 2.91. The Morgan fingerprint density at radius 3 is 2.53 bits per heavy atom. The molecule has 0 aromatic carbocycles. The molecule has 0 fully saturated rings. The molecule has 0 saturated heterocycles. The first-order valence-corrected chi connectivity index (χ1v) is 6.65. The van der Waals surface area contributed by atoms with Crippen molar-refractivity contribution in [2.45, 2.75) is 40.5 Å². The molecule has 19 heavy (non-hydrogen) atoms. The van der Waals surface area contributed by atoms with Crippen molar-refractivity contribution < 1.29 is 14.3 Å². The summed E-state index contributed by atoms with van der Waals surface area (Å²) in [6.07, 6.45) is 2.89. The Bertz CT molecular complexity index is 468. The normalized spacial score (nSPS) is 12.0. The van der Waals surface area contributed by atoms with Gasteiger partial charge in [-0.3, -0.25) is 14.6 Å². The molecule has 0 spiro atoms. The summed E-state index contributed by atoms with van der Waals surface area (Å²) in [4.78, 5) is 28.4. The van der Waals surface area contributed by atoms with Gasteiger partial charge in [0.1, 0.15) is 11.6 Å². The van der Waals surface area contributed by atoms with Crippen LogP contribution in [0.2, 0.25) is 0 Å². The van der Waals surface area contributed by atoms with Gasteiger partial charge in [-0.05, 0) is 38.3 Å². The van der Waals surface area contributed by atoms with E-state index in [0.29, 0.717) is 12.1 Å². The highest BCUT2D eigenvalue weighted by Crippen LogP contribution is 2.18. The number of carbonyl (C=O) groups is 2. The average molecular weight is 263 g/mol. The summed E-state index contributed by atoms with van der Waals surface area (Å²) in [5.74, 6) is -1.42. The number of ether oxygens (including phenoxy) is 1. The van der Waals surface area contributed by atoms with Gasteiger partial charge in [0.05, 0.1) is 6.61 Å². The summed E-state index contributed by atoms with van der Waals surface area (Å²) in [6.45, 7) is 7.72. The molecule has 1 heterocycles. The van der Waals surface area contributed by atoms with E-state index in [1.165, 1.54) is 0 Å². The average Bonchev–Trinajstić information content (AvgIpc) is 2.35. The molecule has 104 valence electrons. The van der Waals surface area contributed by atoms with Crippen molar-refractivity contribution in [3.05, 3.63) is 29.1 Å². The number of hydrogen-bond donors (Lipinski definition) is 0. The quantitative estimate of drug-likeness (QED) is 0.450. The molecule has 0 bridgehead atoms. The Hall–Kier alpha value is -1.71. The van der Waals surface area contributed by atoms with Crippen LogP contribution in [0.3, 0.4) is 0 Å². The molecule has 0 radical (unpaired) electrons. The molecule has 0 N–H and O–H groups in total. The van der Waals surface area contributed by atoms with Crippen LogP contribution in [-0.2, 0) is 9.53 Å². The van der Waals surface area contributed by atoms with Crippen LogP contribution in [0.1, 0.15) is 48.3 Å². The summed E-state index contributed by atoms with van der Waals surface area (Å²) in [7, 11) is 0. The van der Waals surface area contributed by atoms with Crippen LogP contribution < -0.4 is 0 Å². The van der Waals surface area contributed by atoms with E-state index in [0.717, 1.165) is 17.5 Å². The van der Waals surface area contributed by atoms with Crippen molar-refractivity contribution in [3.8, 4) is 0 Å². The largest absolute Gasteiger partial charge is 0.465 e. The minimum absolute atomic E-state index is 0.238. The van der Waals surface area contributed by atoms with Gasteiger partial charge in [-0.2, -0.15) is 0 Å². The zero-order valence-electron chi connectivity index (χ0n) is 12.0. The van der Waals surface area contributed by atoms with Crippen LogP contribution in [0.15, 0.2) is 12.3 Å². The number of nitrogens with zero attached hydrogens (tertiary/aromatic N) is 1. The number of hydrogen-bond acceptors (Lipinski definition) is 4. The number of esters is 1. The second-order valence-corrected chi connectivity index (χ2v) is 4.64. The maximum atomic E-state index is 12.4. The van der Waals surface area contributed by atoms with Crippen LogP contribution in [0.5, 0.6) is 0 Å². The molecular weight excluding hydrogens is 242 g/mol. The number of aryl methyl sites for hydroxylation is 2. The van der Waals surface area contributed by atoms with Gasteiger partial charge >= 0.3 is 5.97 Å². The number of Topliss-reactive ketones (excluding diaryl/α,β-unsaturated/α-hetero) is 1. The lowest BCUT2D eigenvalue weighted by atomic mass is 9.94. The van der Waals surface area contributed by atoms with E-state index in [1.54, 1.807) is 13.1 Å². The predicted molar refractivity (Wildman–Crippen MR) is 73.1 cm³/mol. The van der Waals surface area contributed by atoms with Crippen LogP contribution in [0.4, 0.5) is 0 Å². The molecule has 0 aliphatic carbocycles. The highest BCUT2D eigenvalue weighted by Gasteiger charge is 2.29. The molecule has 0 saturated carbocycles. The lowest BCUT2D eigenvalue weighted by molar-refractivity contribution is -0.146. The molecule has 1 unspecified atom stereocenters. The highest BCUT2D eigenvalue weighted by atomic mass is 16.5. The lowest BCUT2D eigenvalue weighted by Crippen LogP contribution is -2.27. The second kappa shape index (κ2) is 7.02. The van der Waals surface area contributed by atoms with Crippen molar-refractivity contribution in [2.24, 2.45) is 5.92 Å². The van der Waals surface area contributed by atoms with Crippen molar-refractivity contribution in [2.75, 3.05) is 6.61 Å². The fourth-order valence-corrected chi connectivity index (χ4v) is 2.03. The Kier molecular flexibility index (Phi) is 5.67. The van der Waals surface area contributed by atoms with Gasteiger partial charge < -0.3 is 4.74 Å². The van der Waals surface area contributed by atoms with E-state index in [9.17, 15) is 9.59 Å². The van der Waals surface area contributed by atoms with Gasteiger partial charge in [0.15, 0.2) is 5.78 Å². The van der Waals surface area contributed by atoms with Crippen LogP contribution in [0.25, 0.3) is 0 Å². The third kappa shape index (κ3) is 3.88. The van der Waals surface area contributed by atoms with E-state index in [1.807, 2.05) is 26.8 Å².